The summed E-state index contributed by atoms with van der Waals surface area (Å²) >= 11 is 6.70. The number of hydrogen-bond donors (Lipinski definition) is 6. The number of aliphatic hydroxyl groups is 2. The van der Waals surface area contributed by atoms with Crippen molar-refractivity contribution >= 4 is 82.5 Å². The van der Waals surface area contributed by atoms with Gasteiger partial charge >= 0.3 is 6.18 Å². The summed E-state index contributed by atoms with van der Waals surface area (Å²) < 4.78 is 47.8. The van der Waals surface area contributed by atoms with Crippen molar-refractivity contribution in [2.45, 2.75) is 308 Å². The van der Waals surface area contributed by atoms with E-state index in [1.165, 1.54) is 68.8 Å². The number of likely N-dealkylation sites (N-methyl/N-ethyl adjacent to an activating group) is 6. The molecule has 2 aliphatic carbocycles. The van der Waals surface area contributed by atoms with Gasteiger partial charge in [-0.2, -0.15) is 13.2 Å². The zero-order chi connectivity index (χ0) is 81.4. The maximum absolute atomic E-state index is 15.6. The van der Waals surface area contributed by atoms with E-state index in [0.717, 1.165) is 58.1 Å². The number of ether oxygens (including phenoxy) is 1. The molecule has 0 spiro atoms. The molecule has 108 heavy (non-hydrogen) atoms. The summed E-state index contributed by atoms with van der Waals surface area (Å²) in [5, 5.41) is 32.4. The van der Waals surface area contributed by atoms with Crippen LogP contribution in [0, 0.1) is 29.6 Å². The van der Waals surface area contributed by atoms with E-state index in [0.29, 0.717) is 64.5 Å². The first-order valence-electron chi connectivity index (χ1n) is 39.4. The molecule has 2 saturated heterocycles. The van der Waals surface area contributed by atoms with Crippen molar-refractivity contribution in [1.82, 2.24) is 60.5 Å². The molecule has 0 bridgehead atoms. The monoisotopic (exact) mass is 1560 g/mol. The van der Waals surface area contributed by atoms with E-state index in [1.54, 1.807) is 34.6 Å². The summed E-state index contributed by atoms with van der Waals surface area (Å²) in [6.45, 7) is 18.0. The first kappa shape index (κ1) is 94.0. The number of likely N-dealkylation sites (tertiary alicyclic amines) is 1. The highest BCUT2D eigenvalue weighted by molar-refractivity contribution is 6.20. The minimum Gasteiger partial charge on any atom is -0.391 e. The Hall–Kier alpha value is -6.40. The second kappa shape index (κ2) is 44.0. The number of halogens is 4. The molecule has 0 aromatic heterocycles. The van der Waals surface area contributed by atoms with Crippen molar-refractivity contribution in [3.63, 3.8) is 0 Å². The summed E-state index contributed by atoms with van der Waals surface area (Å²) in [5.74, 6) is -10.9. The van der Waals surface area contributed by atoms with Crippen LogP contribution >= 0.6 is 11.6 Å². The molecule has 4 rings (SSSR count). The summed E-state index contributed by atoms with van der Waals surface area (Å²) in [6, 6.07) is -13.3. The minimum atomic E-state index is -5.05. The summed E-state index contributed by atoms with van der Waals surface area (Å²) in [5.41, 5.74) is -0.877. The van der Waals surface area contributed by atoms with E-state index < -0.39 is 195 Å². The fourth-order valence-corrected chi connectivity index (χ4v) is 15.2. The summed E-state index contributed by atoms with van der Waals surface area (Å²) in [7, 11) is 8.10. The van der Waals surface area contributed by atoms with Crippen LogP contribution in [0.1, 0.15) is 224 Å². The third-order valence-electron chi connectivity index (χ3n) is 21.5. The average Bonchev–Trinajstić information content (AvgIpc) is 0.815. The average molecular weight is 1560 g/mol. The highest BCUT2D eigenvalue weighted by Crippen LogP contribution is 2.34. The smallest absolute Gasteiger partial charge is 0.391 e. The first-order valence-corrected chi connectivity index (χ1v) is 39.9. The molecule has 0 radical (unpaired) electrons. The van der Waals surface area contributed by atoms with Crippen molar-refractivity contribution in [2.24, 2.45) is 29.6 Å². The molecule has 2 heterocycles. The van der Waals surface area contributed by atoms with Gasteiger partial charge in [-0.1, -0.05) is 99.8 Å². The zero-order valence-corrected chi connectivity index (χ0v) is 68.4. The summed E-state index contributed by atoms with van der Waals surface area (Å²) in [6.07, 6.45) is -2.58. The van der Waals surface area contributed by atoms with Gasteiger partial charge in [-0.3, -0.25) is 57.5 Å². The van der Waals surface area contributed by atoms with Crippen molar-refractivity contribution in [3.8, 4) is 0 Å². The Morgan fingerprint density at radius 1 is 0.546 bits per heavy atom. The van der Waals surface area contributed by atoms with E-state index in [4.69, 9.17) is 16.3 Å². The lowest BCUT2D eigenvalue weighted by atomic mass is 9.84. The fourth-order valence-electron chi connectivity index (χ4n) is 14.8. The van der Waals surface area contributed by atoms with Gasteiger partial charge in [0.25, 0.3) is 0 Å². The van der Waals surface area contributed by atoms with Gasteiger partial charge in [-0.15, -0.1) is 11.6 Å². The van der Waals surface area contributed by atoms with E-state index >= 15 is 43.2 Å². The Kier molecular flexibility index (Phi) is 38.3. The largest absolute Gasteiger partial charge is 0.414 e. The van der Waals surface area contributed by atoms with E-state index in [9.17, 15) is 37.8 Å². The van der Waals surface area contributed by atoms with Crippen LogP contribution in [0.4, 0.5) is 13.2 Å². The number of rotatable bonds is 21. The number of amides is 12. The number of carbonyl (C=O) groups excluding carboxylic acids is 12. The van der Waals surface area contributed by atoms with Crippen LogP contribution in [0.2, 0.25) is 0 Å². The second-order valence-electron chi connectivity index (χ2n) is 33.2. The van der Waals surface area contributed by atoms with Crippen LogP contribution in [0.25, 0.3) is 0 Å². The Morgan fingerprint density at radius 3 is 1.54 bits per heavy atom. The number of piperidine rings is 1. The lowest BCUT2D eigenvalue weighted by molar-refractivity contribution is -0.205. The topological polar surface area (TPSA) is 329 Å². The number of unbranched alkanes of at least 4 members (excludes halogenated alkanes) is 1. The standard InChI is InChI=1S/C77H132ClF3N12O15/c1-18-19-34-93-45-65(98)88(14)61(41-51-28-22-20-23-29-51)74(106)91(17)58(38-48(4)5)68(100)84-56(46-108-76(9,10)11)72(104)90(16)57(37-47(2)3)67(99)83-55(73(105)92-35-24-21-25-36-92)43-63(96)86(12)44-64(97)87(13)60(42-52-30-26-31-53(78)40-52)69(101)82-54(32-27-33-62(95)77(79,80)81)71(103)89(15)59(39-49(6)7)70(102)85-66(50(8)94)75(93)107/h47-62,66,94-95H,18-46H2,1-17H3,(H,82,101)(H,83,99)(H,84,100)(H,85,102)/t50-,52?,53?,54+,55+,56+,57+,58+,59+,60+,61+,62?,66+/m1/s1. The molecule has 27 nitrogen and oxygen atoms in total. The predicted octanol–water partition coefficient (Wildman–Crippen LogP) is 6.15. The quantitative estimate of drug-likeness (QED) is 0.0702. The molecular formula is C77H132ClF3N12O15. The Labute approximate surface area is 644 Å². The second-order valence-corrected chi connectivity index (χ2v) is 33.8. The Bertz CT molecular complexity index is 2980. The Morgan fingerprint density at radius 2 is 1.02 bits per heavy atom. The molecular weight excluding hydrogens is 1430 g/mol. The van der Waals surface area contributed by atoms with Crippen molar-refractivity contribution in [1.29, 1.82) is 0 Å². The van der Waals surface area contributed by atoms with Crippen molar-refractivity contribution < 1.29 is 85.7 Å². The molecule has 0 aromatic rings. The molecule has 13 atom stereocenters. The lowest BCUT2D eigenvalue weighted by Crippen LogP contribution is -2.62. The van der Waals surface area contributed by atoms with Gasteiger partial charge in [0.2, 0.25) is 70.9 Å². The number of nitrogens with one attached hydrogen (secondary N) is 4. The van der Waals surface area contributed by atoms with Crippen molar-refractivity contribution in [3.05, 3.63) is 0 Å². The Balaban J connectivity index is 2.02. The number of aliphatic hydroxyl groups excluding tert-OH is 2. The van der Waals surface area contributed by atoms with Gasteiger partial charge in [0.15, 0.2) is 0 Å². The molecule has 618 valence electrons. The summed E-state index contributed by atoms with van der Waals surface area (Å²) in [4.78, 5) is 191. The van der Waals surface area contributed by atoms with Gasteiger partial charge in [0, 0.05) is 67.3 Å². The lowest BCUT2D eigenvalue weighted by Gasteiger charge is -2.39. The molecule has 4 fully saturated rings. The fraction of sp³-hybridized carbons (Fsp3) is 0.844. The van der Waals surface area contributed by atoms with Gasteiger partial charge in [0.05, 0.1) is 37.8 Å². The minimum absolute atomic E-state index is 0.0187. The molecule has 6 N–H and O–H groups in total. The van der Waals surface area contributed by atoms with Gasteiger partial charge in [0.1, 0.15) is 60.5 Å². The first-order chi connectivity index (χ1) is 50.4. The number of hydrogen-bond acceptors (Lipinski definition) is 15. The van der Waals surface area contributed by atoms with Crippen LogP contribution in [-0.2, 0) is 62.3 Å². The highest BCUT2D eigenvalue weighted by Gasteiger charge is 2.45. The van der Waals surface area contributed by atoms with Crippen LogP contribution in [0.5, 0.6) is 0 Å². The maximum atomic E-state index is 15.6. The number of carbonyl (C=O) groups is 12. The molecule has 12 amide bonds. The number of alkyl halides is 4. The molecule has 2 aliphatic heterocycles. The molecule has 2 saturated carbocycles. The normalized spacial score (nSPS) is 27.3. The molecule has 3 unspecified atom stereocenters. The SMILES string of the molecule is CCCCN1CC(=O)N(C)[C@@H](CC2CCCCC2)C(=O)N(C)[C@@H](CC(C)C)C(=O)N[C@@H](COC(C)(C)C)C(=O)N(C)[C@@H](CC(C)C)C(=O)N[C@H](C(=O)N2CCCCC2)CC(=O)N(C)CC(=O)N(C)[C@@H](CC2CCCC(Cl)C2)C(=O)N[C@@H](CCCC(O)C(F)(F)F)C(=O)N(C)[C@@H](CC(C)C)C(=O)N[C@@H]([C@@H](C)O)C1=O. The third kappa shape index (κ3) is 29.4. The van der Waals surface area contributed by atoms with Gasteiger partial charge in [-0.25, -0.2) is 0 Å². The van der Waals surface area contributed by atoms with Crippen LogP contribution in [0.3, 0.4) is 0 Å². The molecule has 0 aromatic carbocycles. The zero-order valence-electron chi connectivity index (χ0n) is 67.6. The van der Waals surface area contributed by atoms with Crippen LogP contribution in [0.15, 0.2) is 0 Å². The highest BCUT2D eigenvalue weighted by atomic mass is 35.5. The van der Waals surface area contributed by atoms with E-state index in [2.05, 4.69) is 21.3 Å². The van der Waals surface area contributed by atoms with Crippen LogP contribution in [-0.4, -0.2) is 286 Å². The van der Waals surface area contributed by atoms with Crippen molar-refractivity contribution in [2.75, 3.05) is 81.6 Å². The molecule has 31 heteroatoms. The number of nitrogens with zero attached hydrogens (tertiary/aromatic N) is 8. The van der Waals surface area contributed by atoms with Crippen LogP contribution < -0.4 is 21.3 Å². The molecule has 4 aliphatic rings. The van der Waals surface area contributed by atoms with Gasteiger partial charge in [-0.05, 0) is 147 Å². The maximum Gasteiger partial charge on any atom is 0.414 e. The van der Waals surface area contributed by atoms with Gasteiger partial charge < -0.3 is 75.4 Å². The van der Waals surface area contributed by atoms with E-state index in [-0.39, 0.29) is 73.6 Å². The van der Waals surface area contributed by atoms with E-state index in [1.807, 2.05) is 34.6 Å². The predicted molar refractivity (Wildman–Crippen MR) is 404 cm³/mol. The third-order valence-corrected chi connectivity index (χ3v) is 21.9.